The number of anilines is 1. The number of para-hydroxylation sites is 1. The predicted octanol–water partition coefficient (Wildman–Crippen LogP) is 2.32. The maximum atomic E-state index is 11.9. The van der Waals surface area contributed by atoms with Gasteiger partial charge in [0.15, 0.2) is 5.69 Å². The normalized spacial score (nSPS) is 10.4. The van der Waals surface area contributed by atoms with E-state index in [-0.39, 0.29) is 18.2 Å². The van der Waals surface area contributed by atoms with E-state index in [1.165, 1.54) is 0 Å². The number of hydrogen-bond donors (Lipinski definition) is 1. The number of ether oxygens (including phenoxy) is 3. The van der Waals surface area contributed by atoms with Crippen LogP contribution in [0.5, 0.6) is 5.75 Å². The zero-order chi connectivity index (χ0) is 17.4. The van der Waals surface area contributed by atoms with Crippen LogP contribution < -0.4 is 10.5 Å². The quantitative estimate of drug-likeness (QED) is 0.585. The summed E-state index contributed by atoms with van der Waals surface area (Å²) in [6.07, 6.45) is 0. The molecule has 1 aromatic carbocycles. The highest BCUT2D eigenvalue weighted by molar-refractivity contribution is 5.89. The molecule has 0 fully saturated rings. The minimum Gasteiger partial charge on any atom is -0.490 e. The highest BCUT2D eigenvalue weighted by Crippen LogP contribution is 2.29. The molecule has 7 heteroatoms. The van der Waals surface area contributed by atoms with E-state index in [1.54, 1.807) is 13.0 Å². The summed E-state index contributed by atoms with van der Waals surface area (Å²) in [7, 11) is 0. The summed E-state index contributed by atoms with van der Waals surface area (Å²) in [5.74, 6) is 0.0902. The first-order valence-corrected chi connectivity index (χ1v) is 7.77. The van der Waals surface area contributed by atoms with Crippen molar-refractivity contribution >= 4 is 11.9 Å². The molecule has 0 aliphatic carbocycles. The van der Waals surface area contributed by atoms with E-state index >= 15 is 0 Å². The van der Waals surface area contributed by atoms with Gasteiger partial charge in [-0.25, -0.2) is 14.8 Å². The van der Waals surface area contributed by atoms with Crippen LogP contribution in [0.25, 0.3) is 11.3 Å². The predicted molar refractivity (Wildman–Crippen MR) is 89.8 cm³/mol. The van der Waals surface area contributed by atoms with Crippen molar-refractivity contribution in [3.8, 4) is 17.0 Å². The minimum absolute atomic E-state index is 0.000303. The lowest BCUT2D eigenvalue weighted by Gasteiger charge is -2.12. The van der Waals surface area contributed by atoms with Crippen molar-refractivity contribution in [3.63, 3.8) is 0 Å². The Morgan fingerprint density at radius 1 is 1.12 bits per heavy atom. The standard InChI is InChI=1S/C17H21N3O4/c1-3-22-9-10-24-15-8-6-5-7-12(15)13-11-14(16(21)23-4-2)20-17(18)19-13/h5-8,11H,3-4,9-10H2,1-2H3,(H2,18,19,20). The second-order valence-electron chi connectivity index (χ2n) is 4.76. The fourth-order valence-corrected chi connectivity index (χ4v) is 2.07. The summed E-state index contributed by atoms with van der Waals surface area (Å²) >= 11 is 0. The zero-order valence-electron chi connectivity index (χ0n) is 13.8. The molecule has 2 aromatic rings. The Hall–Kier alpha value is -2.67. The van der Waals surface area contributed by atoms with Gasteiger partial charge in [0.25, 0.3) is 0 Å². The van der Waals surface area contributed by atoms with E-state index in [4.69, 9.17) is 19.9 Å². The first kappa shape index (κ1) is 17.7. The number of carbonyl (C=O) groups excluding carboxylic acids is 1. The Morgan fingerprint density at radius 3 is 2.67 bits per heavy atom. The van der Waals surface area contributed by atoms with Crippen LogP contribution in [-0.4, -0.2) is 42.4 Å². The van der Waals surface area contributed by atoms with Crippen LogP contribution >= 0.6 is 0 Å². The van der Waals surface area contributed by atoms with Crippen LogP contribution in [-0.2, 0) is 9.47 Å². The number of nitrogens with two attached hydrogens (primary N) is 1. The molecular formula is C17H21N3O4. The molecule has 0 spiro atoms. The summed E-state index contributed by atoms with van der Waals surface area (Å²) in [5.41, 5.74) is 7.06. The summed E-state index contributed by atoms with van der Waals surface area (Å²) in [5, 5.41) is 0. The van der Waals surface area contributed by atoms with E-state index in [0.717, 1.165) is 0 Å². The van der Waals surface area contributed by atoms with Gasteiger partial charge in [-0.3, -0.25) is 0 Å². The molecule has 24 heavy (non-hydrogen) atoms. The van der Waals surface area contributed by atoms with Crippen molar-refractivity contribution in [2.75, 3.05) is 32.2 Å². The van der Waals surface area contributed by atoms with Crippen molar-refractivity contribution < 1.29 is 19.0 Å². The highest BCUT2D eigenvalue weighted by Gasteiger charge is 2.15. The maximum absolute atomic E-state index is 11.9. The van der Waals surface area contributed by atoms with Crippen LogP contribution in [0, 0.1) is 0 Å². The molecule has 0 amide bonds. The van der Waals surface area contributed by atoms with Gasteiger partial charge in [0.1, 0.15) is 12.4 Å². The van der Waals surface area contributed by atoms with Gasteiger partial charge in [-0.1, -0.05) is 12.1 Å². The molecule has 0 saturated carbocycles. The average molecular weight is 331 g/mol. The molecule has 0 radical (unpaired) electrons. The van der Waals surface area contributed by atoms with Crippen molar-refractivity contribution in [3.05, 3.63) is 36.0 Å². The Kier molecular flexibility index (Phi) is 6.51. The molecule has 0 unspecified atom stereocenters. The van der Waals surface area contributed by atoms with Gasteiger partial charge in [-0.2, -0.15) is 0 Å². The van der Waals surface area contributed by atoms with Crippen LogP contribution in [0.4, 0.5) is 5.95 Å². The first-order chi connectivity index (χ1) is 11.7. The number of rotatable bonds is 8. The van der Waals surface area contributed by atoms with Crippen molar-refractivity contribution in [2.24, 2.45) is 0 Å². The second-order valence-corrected chi connectivity index (χ2v) is 4.76. The molecule has 1 heterocycles. The summed E-state index contributed by atoms with van der Waals surface area (Å²) in [6.45, 7) is 5.45. The molecule has 7 nitrogen and oxygen atoms in total. The Balaban J connectivity index is 2.29. The molecular weight excluding hydrogens is 310 g/mol. The van der Waals surface area contributed by atoms with E-state index in [9.17, 15) is 4.79 Å². The molecule has 1 aromatic heterocycles. The molecule has 0 aliphatic rings. The molecule has 2 N–H and O–H groups in total. The zero-order valence-corrected chi connectivity index (χ0v) is 13.8. The number of nitrogen functional groups attached to an aromatic ring is 1. The number of carbonyl (C=O) groups is 1. The molecule has 2 rings (SSSR count). The molecule has 0 aliphatic heterocycles. The minimum atomic E-state index is -0.539. The highest BCUT2D eigenvalue weighted by atomic mass is 16.5. The Labute approximate surface area is 140 Å². The Morgan fingerprint density at radius 2 is 1.92 bits per heavy atom. The number of hydrogen-bond acceptors (Lipinski definition) is 7. The third kappa shape index (κ3) is 4.66. The summed E-state index contributed by atoms with van der Waals surface area (Å²) in [4.78, 5) is 20.0. The molecule has 128 valence electrons. The van der Waals surface area contributed by atoms with Gasteiger partial charge in [-0.05, 0) is 32.0 Å². The lowest BCUT2D eigenvalue weighted by Crippen LogP contribution is -2.11. The van der Waals surface area contributed by atoms with Gasteiger partial charge < -0.3 is 19.9 Å². The molecule has 0 atom stereocenters. The van der Waals surface area contributed by atoms with Gasteiger partial charge in [0.2, 0.25) is 5.95 Å². The number of aromatic nitrogens is 2. The monoisotopic (exact) mass is 331 g/mol. The number of benzene rings is 1. The summed E-state index contributed by atoms with van der Waals surface area (Å²) < 4.78 is 16.0. The van der Waals surface area contributed by atoms with Crippen molar-refractivity contribution in [1.29, 1.82) is 0 Å². The van der Waals surface area contributed by atoms with E-state index in [0.29, 0.717) is 36.8 Å². The first-order valence-electron chi connectivity index (χ1n) is 7.77. The van der Waals surface area contributed by atoms with Crippen molar-refractivity contribution in [2.45, 2.75) is 13.8 Å². The van der Waals surface area contributed by atoms with Gasteiger partial charge in [-0.15, -0.1) is 0 Å². The van der Waals surface area contributed by atoms with E-state index in [1.807, 2.05) is 31.2 Å². The third-order valence-corrected chi connectivity index (χ3v) is 3.08. The largest absolute Gasteiger partial charge is 0.490 e. The number of nitrogens with zero attached hydrogens (tertiary/aromatic N) is 2. The van der Waals surface area contributed by atoms with E-state index < -0.39 is 5.97 Å². The molecule has 0 bridgehead atoms. The van der Waals surface area contributed by atoms with Crippen LogP contribution in [0.3, 0.4) is 0 Å². The Bertz CT molecular complexity index is 691. The summed E-state index contributed by atoms with van der Waals surface area (Å²) in [6, 6.07) is 8.92. The lowest BCUT2D eigenvalue weighted by molar-refractivity contribution is 0.0519. The smallest absolute Gasteiger partial charge is 0.357 e. The SMILES string of the molecule is CCOCCOc1ccccc1-c1cc(C(=O)OCC)nc(N)n1. The van der Waals surface area contributed by atoms with Gasteiger partial charge in [0.05, 0.1) is 18.9 Å². The maximum Gasteiger partial charge on any atom is 0.357 e. The van der Waals surface area contributed by atoms with E-state index in [2.05, 4.69) is 9.97 Å². The van der Waals surface area contributed by atoms with Crippen LogP contribution in [0.2, 0.25) is 0 Å². The third-order valence-electron chi connectivity index (χ3n) is 3.08. The fourth-order valence-electron chi connectivity index (χ4n) is 2.07. The average Bonchev–Trinajstić information content (AvgIpc) is 2.59. The van der Waals surface area contributed by atoms with Crippen LogP contribution in [0.1, 0.15) is 24.3 Å². The fraction of sp³-hybridized carbons (Fsp3) is 0.353. The van der Waals surface area contributed by atoms with Crippen LogP contribution in [0.15, 0.2) is 30.3 Å². The van der Waals surface area contributed by atoms with Gasteiger partial charge in [0, 0.05) is 12.2 Å². The van der Waals surface area contributed by atoms with Crippen molar-refractivity contribution in [1.82, 2.24) is 9.97 Å². The van der Waals surface area contributed by atoms with Gasteiger partial charge >= 0.3 is 5.97 Å². The number of esters is 1. The molecule has 0 saturated heterocycles. The lowest BCUT2D eigenvalue weighted by atomic mass is 10.1. The second kappa shape index (κ2) is 8.83. The topological polar surface area (TPSA) is 96.6 Å².